The first-order valence-electron chi connectivity index (χ1n) is 13.3. The van der Waals surface area contributed by atoms with Crippen LogP contribution in [-0.2, 0) is 11.8 Å². The summed E-state index contributed by atoms with van der Waals surface area (Å²) in [4.78, 5) is 24.7. The zero-order chi connectivity index (χ0) is 24.4. The molecule has 1 saturated carbocycles. The molecule has 0 amide bonds. The Bertz CT molecular complexity index is 1490. The zero-order valence-electron chi connectivity index (χ0n) is 21.0. The van der Waals surface area contributed by atoms with Gasteiger partial charge in [-0.1, -0.05) is 12.1 Å². The fourth-order valence-corrected chi connectivity index (χ4v) is 6.31. The van der Waals surface area contributed by atoms with E-state index in [9.17, 15) is 4.79 Å². The van der Waals surface area contributed by atoms with E-state index in [2.05, 4.69) is 33.1 Å². The molecular formula is C28H33N5O3. The predicted octanol–water partition coefficient (Wildman–Crippen LogP) is 2.05. The average molecular weight is 488 g/mol. The Balaban J connectivity index is 1.07. The van der Waals surface area contributed by atoms with Gasteiger partial charge in [0.1, 0.15) is 6.23 Å². The van der Waals surface area contributed by atoms with Crippen molar-refractivity contribution in [1.29, 1.82) is 0 Å². The van der Waals surface area contributed by atoms with Crippen LogP contribution in [0.2, 0.25) is 0 Å². The van der Waals surface area contributed by atoms with Crippen LogP contribution in [0.25, 0.3) is 23.2 Å². The van der Waals surface area contributed by atoms with Gasteiger partial charge in [-0.15, -0.1) is 0 Å². The van der Waals surface area contributed by atoms with Gasteiger partial charge in [0.2, 0.25) is 5.88 Å². The van der Waals surface area contributed by atoms with Crippen LogP contribution in [0.15, 0.2) is 29.3 Å². The number of rotatable bonds is 6. The maximum Gasteiger partial charge on any atom is 0.331 e. The van der Waals surface area contributed by atoms with Gasteiger partial charge in [0.25, 0.3) is 0 Å². The number of hydrogen-bond acceptors (Lipinski definition) is 6. The third-order valence-corrected chi connectivity index (χ3v) is 8.82. The first-order chi connectivity index (χ1) is 17.5. The van der Waals surface area contributed by atoms with Crippen LogP contribution in [0.1, 0.15) is 56.7 Å². The minimum atomic E-state index is -0.377. The Morgan fingerprint density at radius 2 is 1.94 bits per heavy atom. The fourth-order valence-electron chi connectivity index (χ4n) is 6.31. The van der Waals surface area contributed by atoms with Crippen molar-refractivity contribution in [3.8, 4) is 5.88 Å². The molecule has 1 saturated heterocycles. The Kier molecular flexibility index (Phi) is 5.12. The molecule has 188 valence electrons. The number of aryl methyl sites for hydroxylation is 1. The lowest BCUT2D eigenvalue weighted by Crippen LogP contribution is -2.43. The van der Waals surface area contributed by atoms with Crippen molar-refractivity contribution in [3.63, 3.8) is 0 Å². The summed E-state index contributed by atoms with van der Waals surface area (Å²) in [6, 6.07) is 4.04. The van der Waals surface area contributed by atoms with Crippen molar-refractivity contribution in [1.82, 2.24) is 24.0 Å². The van der Waals surface area contributed by atoms with E-state index in [0.29, 0.717) is 12.5 Å². The van der Waals surface area contributed by atoms with Crippen LogP contribution >= 0.6 is 0 Å². The predicted molar refractivity (Wildman–Crippen MR) is 137 cm³/mol. The molecule has 6 heterocycles. The van der Waals surface area contributed by atoms with Crippen molar-refractivity contribution in [2.45, 2.75) is 57.3 Å². The molecule has 0 aromatic carbocycles. The second-order valence-electron chi connectivity index (χ2n) is 11.0. The summed E-state index contributed by atoms with van der Waals surface area (Å²) in [6.07, 6.45) is 14.0. The number of piperidine rings is 1. The van der Waals surface area contributed by atoms with E-state index in [1.54, 1.807) is 22.4 Å². The van der Waals surface area contributed by atoms with Crippen molar-refractivity contribution in [3.05, 3.63) is 51.1 Å². The van der Waals surface area contributed by atoms with E-state index in [4.69, 9.17) is 9.47 Å². The van der Waals surface area contributed by atoms with Crippen molar-refractivity contribution >= 4 is 23.2 Å². The van der Waals surface area contributed by atoms with Crippen molar-refractivity contribution in [2.24, 2.45) is 12.5 Å². The fraction of sp³-hybridized carbons (Fsp3) is 0.536. The van der Waals surface area contributed by atoms with Crippen LogP contribution in [0.5, 0.6) is 5.88 Å². The number of pyridine rings is 2. The third kappa shape index (κ3) is 3.61. The molecule has 2 aliphatic carbocycles. The maximum atomic E-state index is 12.9. The van der Waals surface area contributed by atoms with Gasteiger partial charge >= 0.3 is 5.69 Å². The molecule has 3 aromatic rings. The standard InChI is InChI=1S/C28H33N5O3/c1-18-33-26-21-14-20(24(36-18)15-22(21)29-17-23(26)31(2)27(33)34)19-4-5-25(30-16-19)35-13-3-10-32-11-8-28(6-7-28)9-12-32/h4-5,14-18,20,24H,3,6-13H2,1-2H3/t18-,20?,24?/m1/s1. The summed E-state index contributed by atoms with van der Waals surface area (Å²) >= 11 is 0. The van der Waals surface area contributed by atoms with E-state index in [1.165, 1.54) is 38.8 Å². The SMILES string of the molecule is C[C@H]1OC2C=c3ncc4c(c3=CC2c2ccc(OCCCN3CCC5(CC3)CC5)nc2)n1c(=O)n4C. The Morgan fingerprint density at radius 3 is 2.69 bits per heavy atom. The molecule has 1 spiro atoms. The van der Waals surface area contributed by atoms with E-state index in [-0.39, 0.29) is 23.9 Å². The van der Waals surface area contributed by atoms with Crippen LogP contribution in [0, 0.1) is 5.41 Å². The zero-order valence-corrected chi connectivity index (χ0v) is 21.0. The van der Waals surface area contributed by atoms with Gasteiger partial charge in [-0.2, -0.15) is 0 Å². The normalized spacial score (nSPS) is 26.0. The summed E-state index contributed by atoms with van der Waals surface area (Å²) in [5, 5.41) is 1.86. The smallest absolute Gasteiger partial charge is 0.331 e. The van der Waals surface area contributed by atoms with E-state index in [0.717, 1.165) is 45.5 Å². The van der Waals surface area contributed by atoms with Crippen molar-refractivity contribution in [2.75, 3.05) is 26.2 Å². The highest BCUT2D eigenvalue weighted by Gasteiger charge is 2.44. The summed E-state index contributed by atoms with van der Waals surface area (Å²) in [5.41, 5.74) is 3.41. The van der Waals surface area contributed by atoms with Gasteiger partial charge in [0.05, 0.1) is 35.3 Å². The van der Waals surface area contributed by atoms with Crippen molar-refractivity contribution < 1.29 is 9.47 Å². The lowest BCUT2D eigenvalue weighted by molar-refractivity contribution is -0.0185. The van der Waals surface area contributed by atoms with Crippen LogP contribution in [-0.4, -0.2) is 56.3 Å². The molecule has 3 atom stereocenters. The minimum absolute atomic E-state index is 0.00757. The molecule has 3 aromatic heterocycles. The van der Waals surface area contributed by atoms with E-state index in [1.807, 2.05) is 19.2 Å². The van der Waals surface area contributed by atoms with Gasteiger partial charge in [0.15, 0.2) is 0 Å². The largest absolute Gasteiger partial charge is 0.478 e. The molecule has 8 heteroatoms. The Morgan fingerprint density at radius 1 is 1.11 bits per heavy atom. The summed E-state index contributed by atoms with van der Waals surface area (Å²) in [7, 11) is 1.78. The van der Waals surface area contributed by atoms with Gasteiger partial charge in [-0.25, -0.2) is 9.78 Å². The number of fused-ring (bicyclic) bond motifs is 2. The summed E-state index contributed by atoms with van der Waals surface area (Å²) in [5.74, 6) is 0.653. The first kappa shape index (κ1) is 22.2. The number of nitrogens with zero attached hydrogens (tertiary/aromatic N) is 5. The number of likely N-dealkylation sites (tertiary alicyclic amines) is 1. The number of aromatic nitrogens is 4. The van der Waals surface area contributed by atoms with Gasteiger partial charge in [0, 0.05) is 37.0 Å². The lowest BCUT2D eigenvalue weighted by Gasteiger charge is -2.32. The topological polar surface area (TPSA) is 74.4 Å². The molecule has 4 bridgehead atoms. The molecule has 3 aliphatic heterocycles. The van der Waals surface area contributed by atoms with Gasteiger partial charge in [-0.3, -0.25) is 14.1 Å². The number of imidazole rings is 1. The number of ether oxygens (including phenoxy) is 2. The molecule has 2 unspecified atom stereocenters. The summed E-state index contributed by atoms with van der Waals surface area (Å²) < 4.78 is 15.8. The van der Waals surface area contributed by atoms with Crippen LogP contribution < -0.4 is 21.0 Å². The second kappa shape index (κ2) is 8.28. The van der Waals surface area contributed by atoms with Crippen LogP contribution in [0.4, 0.5) is 0 Å². The molecule has 2 fully saturated rings. The lowest BCUT2D eigenvalue weighted by atomic mass is 9.89. The molecular weight excluding hydrogens is 454 g/mol. The Labute approximate surface area is 209 Å². The molecule has 8 nitrogen and oxygen atoms in total. The highest BCUT2D eigenvalue weighted by molar-refractivity contribution is 5.78. The first-order valence-corrected chi connectivity index (χ1v) is 13.3. The van der Waals surface area contributed by atoms with E-state index < -0.39 is 0 Å². The second-order valence-corrected chi connectivity index (χ2v) is 11.0. The molecule has 0 radical (unpaired) electrons. The molecule has 36 heavy (non-hydrogen) atoms. The third-order valence-electron chi connectivity index (χ3n) is 8.82. The Hall–Kier alpha value is -2.97. The van der Waals surface area contributed by atoms with Gasteiger partial charge in [-0.05, 0) is 69.2 Å². The summed E-state index contributed by atoms with van der Waals surface area (Å²) in [6.45, 7) is 6.21. The maximum absolute atomic E-state index is 12.9. The quantitative estimate of drug-likeness (QED) is 0.496. The average Bonchev–Trinajstić information content (AvgIpc) is 3.60. The molecule has 0 N–H and O–H groups in total. The highest BCUT2D eigenvalue weighted by Crippen LogP contribution is 2.53. The van der Waals surface area contributed by atoms with Crippen LogP contribution in [0.3, 0.4) is 0 Å². The highest BCUT2D eigenvalue weighted by atomic mass is 16.5. The monoisotopic (exact) mass is 487 g/mol. The minimum Gasteiger partial charge on any atom is -0.478 e. The van der Waals surface area contributed by atoms with E-state index >= 15 is 0 Å². The molecule has 5 aliphatic rings. The van der Waals surface area contributed by atoms with Gasteiger partial charge < -0.3 is 14.4 Å². The molecule has 8 rings (SSSR count). The number of hydrogen-bond donors (Lipinski definition) is 0.